The van der Waals surface area contributed by atoms with Gasteiger partial charge in [0, 0.05) is 46.1 Å². The van der Waals surface area contributed by atoms with Gasteiger partial charge >= 0.3 is 5.97 Å². The summed E-state index contributed by atoms with van der Waals surface area (Å²) < 4.78 is 14.1. The number of Topliss-reactive ketones (excluding diaryl/α,β-unsaturated/α-hetero) is 1. The molecule has 0 saturated carbocycles. The molecule has 4 rings (SSSR count). The van der Waals surface area contributed by atoms with E-state index in [1.807, 2.05) is 0 Å². The van der Waals surface area contributed by atoms with E-state index in [-0.39, 0.29) is 17.1 Å². The number of fused-ring (bicyclic) bond motifs is 1. The molecule has 3 aromatic heterocycles. The number of carbonyl (C=O) groups excluding carboxylic acids is 2. The van der Waals surface area contributed by atoms with E-state index in [4.69, 9.17) is 0 Å². The SMILES string of the molecule is C=CC[S+]([O-])c1cc2n(c1)CC(C)C2(C(=O)O)C(=O)c1csc(C(=O)c2ccsc2)c1. The molecule has 1 N–H and O–H groups in total. The van der Waals surface area contributed by atoms with Crippen LogP contribution >= 0.6 is 22.7 Å². The van der Waals surface area contributed by atoms with E-state index in [9.17, 15) is 24.0 Å². The van der Waals surface area contributed by atoms with Crippen LogP contribution in [0.2, 0.25) is 0 Å². The third-order valence-corrected chi connectivity index (χ3v) is 8.48. The zero-order chi connectivity index (χ0) is 22.3. The van der Waals surface area contributed by atoms with Gasteiger partial charge in [-0.3, -0.25) is 14.4 Å². The van der Waals surface area contributed by atoms with Gasteiger partial charge in [-0.05, 0) is 34.8 Å². The van der Waals surface area contributed by atoms with Crippen LogP contribution in [0.4, 0.5) is 0 Å². The number of nitrogens with zero attached hydrogens (tertiary/aromatic N) is 1. The number of carboxylic acid groups (broad SMARTS) is 1. The molecule has 0 aromatic carbocycles. The quantitative estimate of drug-likeness (QED) is 0.231. The Kier molecular flexibility index (Phi) is 5.78. The third kappa shape index (κ3) is 3.41. The van der Waals surface area contributed by atoms with Gasteiger partial charge in [-0.2, -0.15) is 11.3 Å². The van der Waals surface area contributed by atoms with Crippen molar-refractivity contribution in [2.24, 2.45) is 5.92 Å². The second-order valence-corrected chi connectivity index (χ2v) is 10.6. The van der Waals surface area contributed by atoms with Crippen LogP contribution < -0.4 is 0 Å². The Balaban J connectivity index is 1.75. The van der Waals surface area contributed by atoms with Crippen molar-refractivity contribution in [1.82, 2.24) is 4.57 Å². The molecule has 0 radical (unpaired) electrons. The number of ketones is 2. The van der Waals surface area contributed by atoms with Gasteiger partial charge in [-0.15, -0.1) is 11.3 Å². The summed E-state index contributed by atoms with van der Waals surface area (Å²) in [6.07, 6.45) is 3.19. The van der Waals surface area contributed by atoms with E-state index in [2.05, 4.69) is 6.58 Å². The minimum Gasteiger partial charge on any atom is -0.611 e. The number of hydrogen-bond donors (Lipinski definition) is 1. The first-order valence-electron chi connectivity index (χ1n) is 9.44. The van der Waals surface area contributed by atoms with Gasteiger partial charge in [0.05, 0.1) is 11.1 Å². The summed E-state index contributed by atoms with van der Waals surface area (Å²) in [6, 6.07) is 4.75. The van der Waals surface area contributed by atoms with Crippen molar-refractivity contribution in [3.63, 3.8) is 0 Å². The molecule has 0 spiro atoms. The Morgan fingerprint density at radius 2 is 2.13 bits per heavy atom. The third-order valence-electron chi connectivity index (χ3n) is 5.58. The molecule has 0 fully saturated rings. The molecule has 4 heterocycles. The monoisotopic (exact) mass is 473 g/mol. The molecule has 1 aliphatic heterocycles. The largest absolute Gasteiger partial charge is 0.611 e. The topological polar surface area (TPSA) is 99.4 Å². The maximum absolute atomic E-state index is 13.6. The second kappa shape index (κ2) is 8.23. The number of rotatable bonds is 8. The predicted octanol–water partition coefficient (Wildman–Crippen LogP) is 3.99. The summed E-state index contributed by atoms with van der Waals surface area (Å²) in [5.41, 5.74) is -0.750. The highest BCUT2D eigenvalue weighted by atomic mass is 32.2. The van der Waals surface area contributed by atoms with Gasteiger partial charge in [-0.1, -0.05) is 13.5 Å². The smallest absolute Gasteiger partial charge is 0.324 e. The molecule has 0 saturated heterocycles. The first-order chi connectivity index (χ1) is 14.8. The second-order valence-electron chi connectivity index (χ2n) is 7.40. The number of aliphatic carboxylic acids is 1. The molecular formula is C22H19NO5S3. The standard InChI is InChI=1S/C22H19NO5S3/c1-3-6-31(28)16-8-18-22(21(26)27,13(2)9-23(18)10-16)20(25)15-7-17(30-12-15)19(24)14-4-5-29-11-14/h3-5,7-8,10-13H,1,6,9H2,2H3,(H,26,27). The first-order valence-corrected chi connectivity index (χ1v) is 12.6. The Morgan fingerprint density at radius 1 is 1.35 bits per heavy atom. The lowest BCUT2D eigenvalue weighted by atomic mass is 9.71. The van der Waals surface area contributed by atoms with Crippen molar-refractivity contribution >= 4 is 51.4 Å². The van der Waals surface area contributed by atoms with Crippen LogP contribution in [0.15, 0.2) is 58.1 Å². The molecule has 0 aliphatic carbocycles. The van der Waals surface area contributed by atoms with Crippen molar-refractivity contribution in [3.8, 4) is 0 Å². The normalized spacial score (nSPS) is 20.9. The molecule has 0 bridgehead atoms. The zero-order valence-electron chi connectivity index (χ0n) is 16.6. The molecule has 3 unspecified atom stereocenters. The zero-order valence-corrected chi connectivity index (χ0v) is 19.0. The van der Waals surface area contributed by atoms with Crippen LogP contribution in [0.5, 0.6) is 0 Å². The maximum atomic E-state index is 13.6. The Labute approximate surface area is 190 Å². The van der Waals surface area contributed by atoms with Crippen LogP contribution in [-0.4, -0.2) is 37.5 Å². The molecule has 0 amide bonds. The van der Waals surface area contributed by atoms with E-state index in [0.29, 0.717) is 27.6 Å². The molecule has 3 atom stereocenters. The van der Waals surface area contributed by atoms with Gasteiger partial charge in [0.15, 0.2) is 16.1 Å². The highest BCUT2D eigenvalue weighted by Crippen LogP contribution is 2.44. The predicted molar refractivity (Wildman–Crippen MR) is 121 cm³/mol. The van der Waals surface area contributed by atoms with Crippen LogP contribution in [0, 0.1) is 5.92 Å². The van der Waals surface area contributed by atoms with Gasteiger partial charge in [0.25, 0.3) is 0 Å². The molecule has 31 heavy (non-hydrogen) atoms. The fourth-order valence-electron chi connectivity index (χ4n) is 4.08. The fraction of sp³-hybridized carbons (Fsp3) is 0.227. The number of thiophene rings is 2. The number of carbonyl (C=O) groups is 3. The minimum absolute atomic E-state index is 0.195. The van der Waals surface area contributed by atoms with Gasteiger partial charge < -0.3 is 14.2 Å². The van der Waals surface area contributed by atoms with Crippen molar-refractivity contribution in [3.05, 3.63) is 74.9 Å². The number of carboxylic acids is 1. The molecule has 160 valence electrons. The molecule has 9 heteroatoms. The van der Waals surface area contributed by atoms with Crippen LogP contribution in [0.25, 0.3) is 0 Å². The Morgan fingerprint density at radius 3 is 2.77 bits per heavy atom. The number of hydrogen-bond acceptors (Lipinski definition) is 6. The van der Waals surface area contributed by atoms with Gasteiger partial charge in [0.1, 0.15) is 5.75 Å². The van der Waals surface area contributed by atoms with Crippen molar-refractivity contribution in [2.45, 2.75) is 23.8 Å². The summed E-state index contributed by atoms with van der Waals surface area (Å²) in [4.78, 5) is 39.7. The number of aromatic nitrogens is 1. The summed E-state index contributed by atoms with van der Waals surface area (Å²) in [7, 11) is 0. The Bertz CT molecular complexity index is 1180. The van der Waals surface area contributed by atoms with E-state index in [0.717, 1.165) is 11.3 Å². The highest BCUT2D eigenvalue weighted by molar-refractivity contribution is 7.91. The van der Waals surface area contributed by atoms with Crippen molar-refractivity contribution < 1.29 is 24.0 Å². The summed E-state index contributed by atoms with van der Waals surface area (Å²) >= 11 is 1.17. The summed E-state index contributed by atoms with van der Waals surface area (Å²) in [5, 5.41) is 15.3. The highest BCUT2D eigenvalue weighted by Gasteiger charge is 2.58. The minimum atomic E-state index is -1.81. The summed E-state index contributed by atoms with van der Waals surface area (Å²) in [6.45, 7) is 5.64. The van der Waals surface area contributed by atoms with Crippen LogP contribution in [0.3, 0.4) is 0 Å². The van der Waals surface area contributed by atoms with Crippen LogP contribution in [0.1, 0.15) is 38.2 Å². The van der Waals surface area contributed by atoms with Crippen molar-refractivity contribution in [1.29, 1.82) is 0 Å². The Hall–Kier alpha value is -2.46. The first kappa shape index (κ1) is 21.8. The van der Waals surface area contributed by atoms with Gasteiger partial charge in [0.2, 0.25) is 5.78 Å². The van der Waals surface area contributed by atoms with Crippen molar-refractivity contribution in [2.75, 3.05) is 5.75 Å². The van der Waals surface area contributed by atoms with Crippen LogP contribution in [-0.2, 0) is 27.9 Å². The average molecular weight is 474 g/mol. The molecule has 1 aliphatic rings. The van der Waals surface area contributed by atoms with E-state index in [1.54, 1.807) is 46.0 Å². The molecule has 3 aromatic rings. The molecule has 6 nitrogen and oxygen atoms in total. The summed E-state index contributed by atoms with van der Waals surface area (Å²) in [5.74, 6) is -2.28. The van der Waals surface area contributed by atoms with Gasteiger partial charge in [-0.25, -0.2) is 0 Å². The maximum Gasteiger partial charge on any atom is 0.324 e. The fourth-order valence-corrected chi connectivity index (χ4v) is 6.46. The van der Waals surface area contributed by atoms with E-state index >= 15 is 0 Å². The molecular weight excluding hydrogens is 454 g/mol. The lowest BCUT2D eigenvalue weighted by Gasteiger charge is -2.26. The van der Waals surface area contributed by atoms with E-state index in [1.165, 1.54) is 23.5 Å². The lowest BCUT2D eigenvalue weighted by molar-refractivity contribution is -0.143. The van der Waals surface area contributed by atoms with E-state index < -0.39 is 34.3 Å². The average Bonchev–Trinajstić information content (AvgIpc) is 3.50. The lowest BCUT2D eigenvalue weighted by Crippen LogP contribution is -2.46.